The summed E-state index contributed by atoms with van der Waals surface area (Å²) in [7, 11) is -4.55. The van der Waals surface area contributed by atoms with Crippen molar-refractivity contribution >= 4 is 16.0 Å². The number of hydrogen-bond acceptors (Lipinski definition) is 4. The molecule has 0 saturated carbocycles. The molecule has 0 rings (SSSR count). The Morgan fingerprint density at radius 2 is 2.08 bits per heavy atom. The van der Waals surface area contributed by atoms with Crippen LogP contribution in [-0.4, -0.2) is 35.5 Å². The lowest BCUT2D eigenvalue weighted by Crippen LogP contribution is -2.44. The van der Waals surface area contributed by atoms with E-state index in [0.717, 1.165) is 6.08 Å². The van der Waals surface area contributed by atoms with Gasteiger partial charge >= 0.3 is 0 Å². The molecule has 0 aromatic heterocycles. The van der Waals surface area contributed by atoms with Gasteiger partial charge in [-0.1, -0.05) is 6.58 Å². The van der Waals surface area contributed by atoms with Gasteiger partial charge in [-0.05, 0) is 13.0 Å². The van der Waals surface area contributed by atoms with Crippen LogP contribution in [-0.2, 0) is 14.9 Å². The second kappa shape index (κ2) is 4.35. The van der Waals surface area contributed by atoms with Gasteiger partial charge in [0.2, 0.25) is 11.3 Å². The van der Waals surface area contributed by atoms with Crippen LogP contribution in [0.1, 0.15) is 6.92 Å². The summed E-state index contributed by atoms with van der Waals surface area (Å²) in [6, 6.07) is -1.10. The molecule has 1 amide bonds. The summed E-state index contributed by atoms with van der Waals surface area (Å²) in [6.07, 6.45) is 0.924. The largest absolute Gasteiger partial charge is 0.374 e. The molecule has 76 valence electrons. The van der Waals surface area contributed by atoms with E-state index in [1.807, 2.05) is 0 Å². The number of carbonyl (C=O) groups excluding carboxylic acids is 1. The van der Waals surface area contributed by atoms with Gasteiger partial charge < -0.3 is 10.4 Å². The number of aliphatic hydroxyl groups excluding tert-OH is 1. The molecule has 13 heavy (non-hydrogen) atoms. The zero-order valence-corrected chi connectivity index (χ0v) is 7.78. The van der Waals surface area contributed by atoms with Crippen molar-refractivity contribution in [1.29, 1.82) is 0 Å². The van der Waals surface area contributed by atoms with Crippen LogP contribution in [0.5, 0.6) is 0 Å². The van der Waals surface area contributed by atoms with Crippen molar-refractivity contribution in [3.05, 3.63) is 12.7 Å². The highest BCUT2D eigenvalue weighted by atomic mass is 32.2. The minimum atomic E-state index is -4.55. The van der Waals surface area contributed by atoms with Crippen molar-refractivity contribution in [2.75, 3.05) is 0 Å². The van der Waals surface area contributed by atoms with E-state index in [2.05, 4.69) is 11.9 Å². The van der Waals surface area contributed by atoms with Crippen LogP contribution in [0.15, 0.2) is 12.7 Å². The number of nitrogens with one attached hydrogen (secondary N) is 1. The number of rotatable bonds is 4. The maximum absolute atomic E-state index is 10.6. The number of amides is 1. The first-order chi connectivity index (χ1) is 5.79. The van der Waals surface area contributed by atoms with Crippen molar-refractivity contribution in [3.8, 4) is 0 Å². The fraction of sp³-hybridized carbons (Fsp3) is 0.500. The zero-order valence-electron chi connectivity index (χ0n) is 6.97. The Morgan fingerprint density at radius 1 is 1.62 bits per heavy atom. The Morgan fingerprint density at radius 3 is 2.38 bits per heavy atom. The summed E-state index contributed by atoms with van der Waals surface area (Å²) in [5, 5.41) is 11.0. The van der Waals surface area contributed by atoms with Crippen molar-refractivity contribution < 1.29 is 22.9 Å². The molecule has 6 nitrogen and oxygen atoms in total. The standard InChI is InChI=1S/C6H11NO5S/c1-3-5(8)7-4(2)6(9)13(10,11)12/h3-4,6,9H,1H2,2H3,(H,7,8)(H,10,11,12). The second-order valence-electron chi connectivity index (χ2n) is 2.41. The third-order valence-corrected chi connectivity index (χ3v) is 2.31. The van der Waals surface area contributed by atoms with Crippen LogP contribution in [0, 0.1) is 0 Å². The molecule has 0 aromatic rings. The monoisotopic (exact) mass is 209 g/mol. The van der Waals surface area contributed by atoms with E-state index in [-0.39, 0.29) is 0 Å². The third-order valence-electron chi connectivity index (χ3n) is 1.29. The van der Waals surface area contributed by atoms with Crippen molar-refractivity contribution in [2.24, 2.45) is 0 Å². The molecule has 0 saturated heterocycles. The lowest BCUT2D eigenvalue weighted by atomic mass is 10.3. The lowest BCUT2D eigenvalue weighted by Gasteiger charge is -2.16. The van der Waals surface area contributed by atoms with Crippen LogP contribution in [0.25, 0.3) is 0 Å². The minimum Gasteiger partial charge on any atom is -0.374 e. The molecule has 0 aliphatic rings. The second-order valence-corrected chi connectivity index (χ2v) is 3.92. The highest BCUT2D eigenvalue weighted by Gasteiger charge is 2.27. The summed E-state index contributed by atoms with van der Waals surface area (Å²) in [5.74, 6) is -0.629. The molecule has 3 N–H and O–H groups in total. The first-order valence-corrected chi connectivity index (χ1v) is 4.86. The Bertz CT molecular complexity index is 296. The van der Waals surface area contributed by atoms with Crippen molar-refractivity contribution in [1.82, 2.24) is 5.32 Å². The fourth-order valence-electron chi connectivity index (χ4n) is 0.613. The fourth-order valence-corrected chi connectivity index (χ4v) is 1.20. The number of hydrogen-bond donors (Lipinski definition) is 3. The Balaban J connectivity index is 4.36. The van der Waals surface area contributed by atoms with Gasteiger partial charge in [0, 0.05) is 0 Å². The molecule has 0 radical (unpaired) electrons. The minimum absolute atomic E-state index is 0.629. The Kier molecular flexibility index (Phi) is 4.05. The predicted molar refractivity (Wildman–Crippen MR) is 45.4 cm³/mol. The van der Waals surface area contributed by atoms with Gasteiger partial charge in [-0.15, -0.1) is 0 Å². The smallest absolute Gasteiger partial charge is 0.294 e. The SMILES string of the molecule is C=CC(=O)NC(C)C(O)S(=O)(=O)O. The Labute approximate surface area is 76.0 Å². The summed E-state index contributed by atoms with van der Waals surface area (Å²) >= 11 is 0. The Hall–Kier alpha value is -0.920. The van der Waals surface area contributed by atoms with E-state index in [4.69, 9.17) is 9.66 Å². The predicted octanol–water partition coefficient (Wildman–Crippen LogP) is -1.12. The van der Waals surface area contributed by atoms with Crippen molar-refractivity contribution in [3.63, 3.8) is 0 Å². The zero-order chi connectivity index (χ0) is 10.6. The summed E-state index contributed by atoms with van der Waals surface area (Å²) < 4.78 is 29.1. The van der Waals surface area contributed by atoms with E-state index in [1.165, 1.54) is 6.92 Å². The molecule has 2 atom stereocenters. The number of carbonyl (C=O) groups is 1. The molecular formula is C6H11NO5S. The van der Waals surface area contributed by atoms with Gasteiger partial charge in [-0.2, -0.15) is 8.42 Å². The molecule has 0 fully saturated rings. The van der Waals surface area contributed by atoms with Gasteiger partial charge in [0.15, 0.2) is 0 Å². The van der Waals surface area contributed by atoms with E-state index >= 15 is 0 Å². The van der Waals surface area contributed by atoms with E-state index in [9.17, 15) is 13.2 Å². The maximum atomic E-state index is 10.6. The van der Waals surface area contributed by atoms with Gasteiger partial charge in [0.1, 0.15) is 0 Å². The van der Waals surface area contributed by atoms with Gasteiger partial charge in [-0.25, -0.2) is 0 Å². The molecule has 0 aliphatic heterocycles. The maximum Gasteiger partial charge on any atom is 0.294 e. The molecule has 0 bridgehead atoms. The average molecular weight is 209 g/mol. The molecule has 0 aromatic carbocycles. The molecule has 0 heterocycles. The highest BCUT2D eigenvalue weighted by Crippen LogP contribution is 2.00. The first-order valence-electron chi connectivity index (χ1n) is 3.36. The topological polar surface area (TPSA) is 104 Å². The lowest BCUT2D eigenvalue weighted by molar-refractivity contribution is -0.117. The summed E-state index contributed by atoms with van der Waals surface area (Å²) in [4.78, 5) is 10.6. The van der Waals surface area contributed by atoms with Crippen molar-refractivity contribution in [2.45, 2.75) is 18.4 Å². The molecule has 0 aliphatic carbocycles. The van der Waals surface area contributed by atoms with Gasteiger partial charge in [0.25, 0.3) is 10.1 Å². The first kappa shape index (κ1) is 12.1. The van der Waals surface area contributed by atoms with Crippen LogP contribution in [0.4, 0.5) is 0 Å². The normalized spacial score (nSPS) is 15.9. The average Bonchev–Trinajstić information content (AvgIpc) is 2.01. The highest BCUT2D eigenvalue weighted by molar-refractivity contribution is 7.86. The summed E-state index contributed by atoms with van der Waals surface area (Å²) in [5.41, 5.74) is -2.03. The third kappa shape index (κ3) is 4.02. The molecule has 2 unspecified atom stereocenters. The van der Waals surface area contributed by atoms with E-state index in [1.54, 1.807) is 0 Å². The quantitative estimate of drug-likeness (QED) is 0.402. The van der Waals surface area contributed by atoms with E-state index in [0.29, 0.717) is 0 Å². The molecule has 0 spiro atoms. The van der Waals surface area contributed by atoms with Gasteiger partial charge in [0.05, 0.1) is 6.04 Å². The molecular weight excluding hydrogens is 198 g/mol. The number of aliphatic hydroxyl groups is 1. The van der Waals surface area contributed by atoms with Gasteiger partial charge in [-0.3, -0.25) is 9.35 Å². The van der Waals surface area contributed by atoms with E-state index < -0.39 is 27.5 Å². The van der Waals surface area contributed by atoms with Crippen LogP contribution in [0.3, 0.4) is 0 Å². The summed E-state index contributed by atoms with van der Waals surface area (Å²) in [6.45, 7) is 4.37. The molecule has 7 heteroatoms. The van der Waals surface area contributed by atoms with Crippen LogP contribution >= 0.6 is 0 Å². The van der Waals surface area contributed by atoms with Crippen LogP contribution < -0.4 is 5.32 Å². The van der Waals surface area contributed by atoms with Crippen LogP contribution in [0.2, 0.25) is 0 Å².